The topological polar surface area (TPSA) is 67.3 Å². The summed E-state index contributed by atoms with van der Waals surface area (Å²) in [5.41, 5.74) is 2.85. The van der Waals surface area contributed by atoms with Crippen molar-refractivity contribution in [3.63, 3.8) is 0 Å². The van der Waals surface area contributed by atoms with E-state index in [0.29, 0.717) is 30.7 Å². The van der Waals surface area contributed by atoms with E-state index >= 15 is 0 Å². The van der Waals surface area contributed by atoms with E-state index in [1.165, 1.54) is 0 Å². The molecule has 1 aliphatic rings. The molecule has 3 rings (SSSR count). The van der Waals surface area contributed by atoms with Gasteiger partial charge in [0.1, 0.15) is 10.8 Å². The van der Waals surface area contributed by atoms with Crippen LogP contribution >= 0.6 is 0 Å². The highest BCUT2D eigenvalue weighted by atomic mass is 32.2. The molecule has 37 heavy (non-hydrogen) atoms. The maximum Gasteiger partial charge on any atom is 0.458 e. The molecular formula is C27H30F5NO3S. The summed E-state index contributed by atoms with van der Waals surface area (Å²) in [5.74, 6) is -5.89. The minimum absolute atomic E-state index is 0.00746. The Hall–Kier alpha value is -2.62. The van der Waals surface area contributed by atoms with E-state index < -0.39 is 28.5 Å². The number of Topliss-reactive ketones (excluding diaryl/α,β-unsaturated/α-hetero) is 1. The number of hydrogen-bond donors (Lipinski definition) is 1. The Kier molecular flexibility index (Phi) is 8.61. The number of allylic oxidation sites excluding steroid dienone is 2. The maximum absolute atomic E-state index is 13.5. The van der Waals surface area contributed by atoms with Crippen molar-refractivity contribution in [1.29, 1.82) is 0 Å². The zero-order valence-corrected chi connectivity index (χ0v) is 21.9. The fourth-order valence-electron chi connectivity index (χ4n) is 4.76. The lowest BCUT2D eigenvalue weighted by Crippen LogP contribution is -2.33. The second-order valence-electron chi connectivity index (χ2n) is 9.53. The zero-order chi connectivity index (χ0) is 27.7. The first kappa shape index (κ1) is 28.9. The molecule has 1 aliphatic carbocycles. The molecule has 1 heterocycles. The van der Waals surface area contributed by atoms with Crippen molar-refractivity contribution in [1.82, 2.24) is 4.98 Å². The zero-order valence-electron chi connectivity index (χ0n) is 21.1. The molecule has 202 valence electrons. The van der Waals surface area contributed by atoms with Crippen LogP contribution in [0.25, 0.3) is 5.57 Å². The predicted octanol–water partition coefficient (Wildman–Crippen LogP) is 6.86. The van der Waals surface area contributed by atoms with Gasteiger partial charge in [0.05, 0.1) is 16.4 Å². The lowest BCUT2D eigenvalue weighted by molar-refractivity contribution is -0.289. The average Bonchev–Trinajstić information content (AvgIpc) is 2.83. The van der Waals surface area contributed by atoms with Crippen LogP contribution in [0.2, 0.25) is 0 Å². The predicted molar refractivity (Wildman–Crippen MR) is 132 cm³/mol. The van der Waals surface area contributed by atoms with Gasteiger partial charge in [-0.15, -0.1) is 0 Å². The van der Waals surface area contributed by atoms with E-state index in [4.69, 9.17) is 0 Å². The minimum atomic E-state index is -5.76. The number of carbonyl (C=O) groups is 1. The van der Waals surface area contributed by atoms with Crippen LogP contribution in [0.15, 0.2) is 41.2 Å². The van der Waals surface area contributed by atoms with Crippen molar-refractivity contribution in [3.8, 4) is 0 Å². The monoisotopic (exact) mass is 543 g/mol. The van der Waals surface area contributed by atoms with Crippen LogP contribution < -0.4 is 0 Å². The standard InChI is InChI=1S/C27H30F5NO3S/c1-5-17-9-15(3)10-18(6-2)24(17)25-21(34)11-19(12-22(25)35)16(4)14-37(36)23-8-7-20(13-33-23)26(28,29)27(30,31)32/h7-10,13,16,19,34H,5-6,11-12,14H2,1-4H3. The lowest BCUT2D eigenvalue weighted by atomic mass is 9.76. The summed E-state index contributed by atoms with van der Waals surface area (Å²) in [4.78, 5) is 16.8. The molecule has 2 aromatic rings. The van der Waals surface area contributed by atoms with Crippen molar-refractivity contribution in [2.45, 2.75) is 70.5 Å². The number of aliphatic hydroxyl groups is 1. The van der Waals surface area contributed by atoms with Gasteiger partial charge in [0.15, 0.2) is 5.78 Å². The summed E-state index contributed by atoms with van der Waals surface area (Å²) in [6.07, 6.45) is -3.62. The number of pyridine rings is 1. The van der Waals surface area contributed by atoms with E-state index in [9.17, 15) is 36.1 Å². The third-order valence-electron chi connectivity index (χ3n) is 6.84. The Morgan fingerprint density at radius 1 is 1.08 bits per heavy atom. The molecule has 0 spiro atoms. The molecule has 3 unspecified atom stereocenters. The first-order chi connectivity index (χ1) is 17.2. The van der Waals surface area contributed by atoms with Gasteiger partial charge in [-0.3, -0.25) is 9.00 Å². The van der Waals surface area contributed by atoms with Crippen LogP contribution in [0.5, 0.6) is 0 Å². The SMILES string of the molecule is CCc1cc(C)cc(CC)c1C1=C(O)CC(C(C)CS(=O)c2ccc(C(F)(F)C(F)(F)F)cn2)CC1=O. The summed E-state index contributed by atoms with van der Waals surface area (Å²) in [6, 6.07) is 5.50. The second kappa shape index (κ2) is 11.0. The summed E-state index contributed by atoms with van der Waals surface area (Å²) in [6.45, 7) is 7.74. The first-order valence-electron chi connectivity index (χ1n) is 12.1. The van der Waals surface area contributed by atoms with Gasteiger partial charge < -0.3 is 5.11 Å². The van der Waals surface area contributed by atoms with Crippen LogP contribution in [-0.2, 0) is 34.4 Å². The van der Waals surface area contributed by atoms with Crippen LogP contribution in [0.4, 0.5) is 22.0 Å². The highest BCUT2D eigenvalue weighted by Crippen LogP contribution is 2.44. The number of rotatable bonds is 8. The molecule has 3 atom stereocenters. The third-order valence-corrected chi connectivity index (χ3v) is 8.37. The normalized spacial score (nSPS) is 18.7. The fourth-order valence-corrected chi connectivity index (χ4v) is 6.07. The molecule has 1 N–H and O–H groups in total. The summed E-state index contributed by atoms with van der Waals surface area (Å²) < 4.78 is 77.5. The van der Waals surface area contributed by atoms with Crippen LogP contribution in [-0.4, -0.2) is 32.0 Å². The van der Waals surface area contributed by atoms with Crippen LogP contribution in [0.3, 0.4) is 0 Å². The molecule has 0 fully saturated rings. The Morgan fingerprint density at radius 2 is 1.68 bits per heavy atom. The molecule has 4 nitrogen and oxygen atoms in total. The van der Waals surface area contributed by atoms with Crippen molar-refractivity contribution in [2.24, 2.45) is 11.8 Å². The van der Waals surface area contributed by atoms with E-state index in [0.717, 1.165) is 28.3 Å². The number of aliphatic hydroxyl groups excluding tert-OH is 1. The Labute approximate surface area is 215 Å². The number of ketones is 1. The van der Waals surface area contributed by atoms with Gasteiger partial charge in [0, 0.05) is 30.4 Å². The number of benzene rings is 1. The van der Waals surface area contributed by atoms with Gasteiger partial charge in [-0.1, -0.05) is 38.5 Å². The number of carbonyl (C=O) groups excluding carboxylic acids is 1. The van der Waals surface area contributed by atoms with E-state index in [2.05, 4.69) is 4.98 Å². The molecule has 0 saturated carbocycles. The smallest absolute Gasteiger partial charge is 0.458 e. The molecule has 0 aliphatic heterocycles. The van der Waals surface area contributed by atoms with Gasteiger partial charge in [0.2, 0.25) is 0 Å². The number of halogens is 5. The third kappa shape index (κ3) is 5.94. The van der Waals surface area contributed by atoms with Gasteiger partial charge in [-0.05, 0) is 60.4 Å². The Morgan fingerprint density at radius 3 is 2.14 bits per heavy atom. The average molecular weight is 544 g/mol. The quantitative estimate of drug-likeness (QED) is 0.370. The van der Waals surface area contributed by atoms with Gasteiger partial charge in [0.25, 0.3) is 0 Å². The number of aryl methyl sites for hydroxylation is 3. The second-order valence-corrected chi connectivity index (χ2v) is 11.0. The maximum atomic E-state index is 13.5. The van der Waals surface area contributed by atoms with Gasteiger partial charge in [-0.2, -0.15) is 22.0 Å². The van der Waals surface area contributed by atoms with E-state index in [-0.39, 0.29) is 47.0 Å². The molecule has 0 radical (unpaired) electrons. The number of nitrogens with zero attached hydrogens (tertiary/aromatic N) is 1. The molecule has 0 saturated heterocycles. The number of aromatic nitrogens is 1. The molecule has 1 aromatic carbocycles. The molecule has 0 amide bonds. The number of alkyl halides is 5. The molecule has 0 bridgehead atoms. The van der Waals surface area contributed by atoms with Crippen molar-refractivity contribution < 1.29 is 36.1 Å². The van der Waals surface area contributed by atoms with Crippen molar-refractivity contribution in [2.75, 3.05) is 5.75 Å². The molecule has 1 aromatic heterocycles. The first-order valence-corrected chi connectivity index (χ1v) is 13.4. The van der Waals surface area contributed by atoms with Gasteiger partial charge in [-0.25, -0.2) is 4.98 Å². The number of hydrogen-bond acceptors (Lipinski definition) is 4. The highest BCUT2D eigenvalue weighted by molar-refractivity contribution is 7.84. The summed E-state index contributed by atoms with van der Waals surface area (Å²) in [5, 5.41) is 10.8. The van der Waals surface area contributed by atoms with E-state index in [1.807, 2.05) is 32.9 Å². The van der Waals surface area contributed by atoms with Crippen molar-refractivity contribution >= 4 is 22.2 Å². The fraction of sp³-hybridized carbons (Fsp3) is 0.481. The van der Waals surface area contributed by atoms with Crippen LogP contribution in [0.1, 0.15) is 61.4 Å². The highest BCUT2D eigenvalue weighted by Gasteiger charge is 2.58. The van der Waals surface area contributed by atoms with Crippen LogP contribution in [0, 0.1) is 18.8 Å². The minimum Gasteiger partial charge on any atom is -0.512 e. The molecule has 10 heteroatoms. The Balaban J connectivity index is 1.78. The molecular weight excluding hydrogens is 513 g/mol. The van der Waals surface area contributed by atoms with Crippen molar-refractivity contribution in [3.05, 3.63) is 64.0 Å². The van der Waals surface area contributed by atoms with Gasteiger partial charge >= 0.3 is 12.1 Å². The largest absolute Gasteiger partial charge is 0.512 e. The lowest BCUT2D eigenvalue weighted by Gasteiger charge is -2.29. The van der Waals surface area contributed by atoms with E-state index in [1.54, 1.807) is 6.92 Å². The summed E-state index contributed by atoms with van der Waals surface area (Å²) in [7, 11) is -1.80. The summed E-state index contributed by atoms with van der Waals surface area (Å²) >= 11 is 0. The Bertz CT molecular complexity index is 1200.